The van der Waals surface area contributed by atoms with Gasteiger partial charge in [0, 0.05) is 0 Å². The van der Waals surface area contributed by atoms with E-state index in [1.165, 1.54) is 6.07 Å². The minimum atomic E-state index is -1.10. The number of aromatic nitrogens is 1. The maximum absolute atomic E-state index is 13.4. The van der Waals surface area contributed by atoms with Gasteiger partial charge in [0.2, 0.25) is 0 Å². The van der Waals surface area contributed by atoms with Crippen LogP contribution in [0.15, 0.2) is 18.2 Å². The summed E-state index contributed by atoms with van der Waals surface area (Å²) in [6.45, 7) is 1.76. The lowest BCUT2D eigenvalue weighted by atomic mass is 10.3. The third-order valence-electron chi connectivity index (χ3n) is 2.42. The number of carboxylic acids is 1. The van der Waals surface area contributed by atoms with E-state index in [-0.39, 0.29) is 15.7 Å². The molecule has 0 bridgehead atoms. The highest BCUT2D eigenvalue weighted by Gasteiger charge is 2.17. The van der Waals surface area contributed by atoms with Crippen LogP contribution in [0.1, 0.15) is 22.3 Å². The summed E-state index contributed by atoms with van der Waals surface area (Å²) in [5.74, 6) is -2.62. The molecule has 0 aliphatic carbocycles. The first-order valence-corrected chi connectivity index (χ1v) is 6.28. The molecule has 1 aromatic heterocycles. The Morgan fingerprint density at radius 1 is 1.42 bits per heavy atom. The number of anilines is 2. The molecule has 100 valence electrons. The summed E-state index contributed by atoms with van der Waals surface area (Å²) in [6.07, 6.45) is 0.430. The zero-order valence-electron chi connectivity index (χ0n) is 9.91. The highest BCUT2D eigenvalue weighted by atomic mass is 32.1. The number of hydrogen-bond donors (Lipinski definition) is 2. The third-order valence-corrected chi connectivity index (χ3v) is 3.42. The number of carboxylic acid groups (broad SMARTS) is 1. The summed E-state index contributed by atoms with van der Waals surface area (Å²) >= 11 is 0.849. The zero-order valence-corrected chi connectivity index (χ0v) is 10.7. The summed E-state index contributed by atoms with van der Waals surface area (Å²) in [4.78, 5) is 15.1. The highest BCUT2D eigenvalue weighted by molar-refractivity contribution is 7.17. The van der Waals surface area contributed by atoms with Gasteiger partial charge in [-0.2, -0.15) is 0 Å². The predicted molar refractivity (Wildman–Crippen MR) is 68.1 cm³/mol. The van der Waals surface area contributed by atoms with Gasteiger partial charge in [0.15, 0.2) is 5.13 Å². The van der Waals surface area contributed by atoms with Gasteiger partial charge in [-0.15, -0.1) is 0 Å². The van der Waals surface area contributed by atoms with Gasteiger partial charge in [0.25, 0.3) is 0 Å². The Hall–Kier alpha value is -2.02. The molecule has 0 saturated heterocycles. The molecular formula is C12H10F2N2O2S. The Morgan fingerprint density at radius 3 is 2.53 bits per heavy atom. The maximum atomic E-state index is 13.4. The fraction of sp³-hybridized carbons (Fsp3) is 0.167. The third kappa shape index (κ3) is 2.70. The van der Waals surface area contributed by atoms with Crippen LogP contribution in [0.25, 0.3) is 0 Å². The largest absolute Gasteiger partial charge is 0.477 e. The van der Waals surface area contributed by atoms with E-state index in [1.54, 1.807) is 6.92 Å². The Bertz CT molecular complexity index is 608. The average molecular weight is 284 g/mol. The van der Waals surface area contributed by atoms with Crippen molar-refractivity contribution in [1.29, 1.82) is 0 Å². The Morgan fingerprint density at radius 2 is 2.05 bits per heavy atom. The van der Waals surface area contributed by atoms with Gasteiger partial charge in [-0.1, -0.05) is 24.3 Å². The molecule has 0 amide bonds. The molecule has 1 aromatic carbocycles. The molecule has 4 nitrogen and oxygen atoms in total. The Kier molecular flexibility index (Phi) is 3.75. The van der Waals surface area contributed by atoms with E-state index in [1.807, 2.05) is 0 Å². The number of benzene rings is 1. The van der Waals surface area contributed by atoms with Crippen molar-refractivity contribution in [2.45, 2.75) is 13.3 Å². The van der Waals surface area contributed by atoms with Crippen molar-refractivity contribution in [3.8, 4) is 0 Å². The molecule has 0 radical (unpaired) electrons. The molecule has 19 heavy (non-hydrogen) atoms. The van der Waals surface area contributed by atoms with E-state index in [0.29, 0.717) is 12.1 Å². The minimum Gasteiger partial charge on any atom is -0.477 e. The van der Waals surface area contributed by atoms with Gasteiger partial charge in [0.05, 0.1) is 5.69 Å². The molecule has 0 unspecified atom stereocenters. The van der Waals surface area contributed by atoms with E-state index in [4.69, 9.17) is 5.11 Å². The Balaban J connectivity index is 2.36. The van der Waals surface area contributed by atoms with E-state index in [2.05, 4.69) is 10.3 Å². The number of aryl methyl sites for hydroxylation is 1. The van der Waals surface area contributed by atoms with Crippen LogP contribution in [0.3, 0.4) is 0 Å². The number of aromatic carboxylic acids is 1. The van der Waals surface area contributed by atoms with Crippen LogP contribution in [-0.2, 0) is 6.42 Å². The van der Waals surface area contributed by atoms with E-state index < -0.39 is 17.6 Å². The number of rotatable bonds is 4. The molecule has 0 aliphatic rings. The lowest BCUT2D eigenvalue weighted by Gasteiger charge is -2.04. The van der Waals surface area contributed by atoms with Crippen molar-refractivity contribution in [2.24, 2.45) is 0 Å². The SMILES string of the molecule is CCc1nc(Nc2c(F)cccc2F)sc1C(=O)O. The number of nitrogens with one attached hydrogen (secondary N) is 1. The molecule has 0 fully saturated rings. The predicted octanol–water partition coefficient (Wildman–Crippen LogP) is 3.43. The standard InChI is InChI=1S/C12H10F2N2O2S/c1-2-8-10(11(17)18)19-12(15-8)16-9-6(13)4-3-5-7(9)14/h3-5H,2H2,1H3,(H,15,16)(H,17,18). The van der Waals surface area contributed by atoms with Gasteiger partial charge in [-0.25, -0.2) is 18.6 Å². The summed E-state index contributed by atoms with van der Waals surface area (Å²) in [6, 6.07) is 3.47. The van der Waals surface area contributed by atoms with Crippen LogP contribution in [0.4, 0.5) is 19.6 Å². The molecule has 2 rings (SSSR count). The minimum absolute atomic E-state index is 0.0711. The number of hydrogen-bond acceptors (Lipinski definition) is 4. The molecule has 1 heterocycles. The van der Waals surface area contributed by atoms with E-state index in [0.717, 1.165) is 23.5 Å². The summed E-state index contributed by atoms with van der Waals surface area (Å²) < 4.78 is 26.9. The molecular weight excluding hydrogens is 274 g/mol. The monoisotopic (exact) mass is 284 g/mol. The van der Waals surface area contributed by atoms with Crippen molar-refractivity contribution in [1.82, 2.24) is 4.98 Å². The lowest BCUT2D eigenvalue weighted by Crippen LogP contribution is -1.98. The quantitative estimate of drug-likeness (QED) is 0.903. The second kappa shape index (κ2) is 5.31. The number of carbonyl (C=O) groups is 1. The molecule has 2 N–H and O–H groups in total. The zero-order chi connectivity index (χ0) is 14.0. The van der Waals surface area contributed by atoms with Crippen molar-refractivity contribution in [3.63, 3.8) is 0 Å². The first kappa shape index (κ1) is 13.4. The molecule has 0 atom stereocenters. The average Bonchev–Trinajstić information content (AvgIpc) is 2.77. The van der Waals surface area contributed by atoms with Crippen LogP contribution in [-0.4, -0.2) is 16.1 Å². The van der Waals surface area contributed by atoms with Crippen molar-refractivity contribution in [2.75, 3.05) is 5.32 Å². The van der Waals surface area contributed by atoms with Gasteiger partial charge in [0.1, 0.15) is 22.2 Å². The van der Waals surface area contributed by atoms with Gasteiger partial charge < -0.3 is 10.4 Å². The number of para-hydroxylation sites is 1. The maximum Gasteiger partial charge on any atom is 0.347 e. The highest BCUT2D eigenvalue weighted by Crippen LogP contribution is 2.29. The normalized spacial score (nSPS) is 10.5. The van der Waals surface area contributed by atoms with E-state index >= 15 is 0 Å². The molecule has 7 heteroatoms. The van der Waals surface area contributed by atoms with Crippen LogP contribution in [0, 0.1) is 11.6 Å². The fourth-order valence-electron chi connectivity index (χ4n) is 1.54. The first-order chi connectivity index (χ1) is 9.02. The van der Waals surface area contributed by atoms with Gasteiger partial charge >= 0.3 is 5.97 Å². The second-order valence-electron chi connectivity index (χ2n) is 3.68. The van der Waals surface area contributed by atoms with Crippen molar-refractivity contribution < 1.29 is 18.7 Å². The lowest BCUT2D eigenvalue weighted by molar-refractivity contribution is 0.0701. The van der Waals surface area contributed by atoms with Crippen LogP contribution in [0.2, 0.25) is 0 Å². The van der Waals surface area contributed by atoms with Gasteiger partial charge in [-0.05, 0) is 18.6 Å². The first-order valence-electron chi connectivity index (χ1n) is 5.47. The van der Waals surface area contributed by atoms with Crippen molar-refractivity contribution >= 4 is 28.1 Å². The summed E-state index contributed by atoms with van der Waals surface area (Å²) in [5, 5.41) is 11.6. The van der Waals surface area contributed by atoms with Crippen molar-refractivity contribution in [3.05, 3.63) is 40.4 Å². The van der Waals surface area contributed by atoms with Crippen LogP contribution >= 0.6 is 11.3 Å². The second-order valence-corrected chi connectivity index (χ2v) is 4.67. The smallest absolute Gasteiger partial charge is 0.347 e. The number of halogens is 2. The molecule has 0 saturated carbocycles. The summed E-state index contributed by atoms with van der Waals surface area (Å²) in [7, 11) is 0. The molecule has 0 aliphatic heterocycles. The number of thiazole rings is 1. The molecule has 0 spiro atoms. The fourth-order valence-corrected chi connectivity index (χ4v) is 2.43. The Labute approximate surface area is 111 Å². The van der Waals surface area contributed by atoms with Gasteiger partial charge in [-0.3, -0.25) is 0 Å². The van der Waals surface area contributed by atoms with Crippen LogP contribution < -0.4 is 5.32 Å². The topological polar surface area (TPSA) is 62.2 Å². The molecule has 2 aromatic rings. The van der Waals surface area contributed by atoms with Crippen LogP contribution in [0.5, 0.6) is 0 Å². The van der Waals surface area contributed by atoms with E-state index in [9.17, 15) is 13.6 Å². The summed E-state index contributed by atoms with van der Waals surface area (Å²) in [5.41, 5.74) is 0.0487. The number of nitrogens with zero attached hydrogens (tertiary/aromatic N) is 1.